The van der Waals surface area contributed by atoms with Gasteiger partial charge in [-0.05, 0) is 55.9 Å². The van der Waals surface area contributed by atoms with Crippen LogP contribution in [0.2, 0.25) is 0 Å². The first-order valence-electron chi connectivity index (χ1n) is 6.64. The van der Waals surface area contributed by atoms with E-state index in [-0.39, 0.29) is 18.1 Å². The molecule has 0 aliphatic rings. The van der Waals surface area contributed by atoms with Crippen molar-refractivity contribution in [1.82, 2.24) is 9.80 Å². The topological polar surface area (TPSA) is 43.8 Å². The number of carbonyl (C=O) groups excluding carboxylic acids is 1. The van der Waals surface area contributed by atoms with Gasteiger partial charge in [0.2, 0.25) is 5.91 Å². The third-order valence-electron chi connectivity index (χ3n) is 3.50. The zero-order valence-corrected chi connectivity index (χ0v) is 14.9. The Kier molecular flexibility index (Phi) is 6.64. The lowest BCUT2D eigenvalue weighted by Gasteiger charge is -2.34. The fourth-order valence-corrected chi connectivity index (χ4v) is 3.14. The zero-order valence-electron chi connectivity index (χ0n) is 12.5. The van der Waals surface area contributed by atoms with Gasteiger partial charge >= 0.3 is 0 Å². The summed E-state index contributed by atoms with van der Waals surface area (Å²) in [5.41, 5.74) is -0.388. The highest BCUT2D eigenvalue weighted by atomic mass is 79.9. The van der Waals surface area contributed by atoms with E-state index in [1.165, 1.54) is 0 Å². The Morgan fingerprint density at radius 3 is 2.55 bits per heavy atom. The summed E-state index contributed by atoms with van der Waals surface area (Å²) in [7, 11) is 1.86. The number of hydrogen-bond acceptors (Lipinski definition) is 4. The maximum Gasteiger partial charge on any atom is 0.237 e. The number of amides is 1. The molecule has 1 N–H and O–H groups in total. The van der Waals surface area contributed by atoms with Crippen LogP contribution in [0, 0.1) is 0 Å². The summed E-state index contributed by atoms with van der Waals surface area (Å²) in [6.07, 6.45) is 0. The first kappa shape index (κ1) is 17.6. The summed E-state index contributed by atoms with van der Waals surface area (Å²) in [5.74, 6) is 0.0843. The molecule has 0 unspecified atom stereocenters. The van der Waals surface area contributed by atoms with Gasteiger partial charge in [0, 0.05) is 17.0 Å². The average Bonchev–Trinajstić information content (AvgIpc) is 2.81. The second-order valence-corrected chi connectivity index (χ2v) is 7.99. The lowest BCUT2D eigenvalue weighted by Crippen LogP contribution is -2.49. The van der Waals surface area contributed by atoms with Crippen LogP contribution in [0.15, 0.2) is 15.9 Å². The molecular weight excluding hydrogens is 340 g/mol. The molecule has 1 aromatic rings. The molecule has 1 heterocycles. The van der Waals surface area contributed by atoms with Gasteiger partial charge in [0.1, 0.15) is 0 Å². The smallest absolute Gasteiger partial charge is 0.237 e. The second-order valence-electron chi connectivity index (χ2n) is 5.44. The van der Waals surface area contributed by atoms with Gasteiger partial charge in [-0.1, -0.05) is 0 Å². The molecule has 6 heteroatoms. The average molecular weight is 363 g/mol. The largest absolute Gasteiger partial charge is 0.394 e. The molecule has 0 radical (unpaired) electrons. The highest BCUT2D eigenvalue weighted by Crippen LogP contribution is 2.23. The van der Waals surface area contributed by atoms with Crippen molar-refractivity contribution in [2.24, 2.45) is 0 Å². The number of carbonyl (C=O) groups is 1. The first-order valence-corrected chi connectivity index (χ1v) is 8.25. The molecule has 1 aromatic heterocycles. The van der Waals surface area contributed by atoms with E-state index in [1.807, 2.05) is 49.8 Å². The first-order chi connectivity index (χ1) is 9.30. The third kappa shape index (κ3) is 4.84. The molecule has 0 bridgehead atoms. The van der Waals surface area contributed by atoms with Crippen LogP contribution < -0.4 is 0 Å². The summed E-state index contributed by atoms with van der Waals surface area (Å²) in [6, 6.07) is 4.03. The molecule has 0 fully saturated rings. The Hall–Kier alpha value is -0.430. The Labute approximate surface area is 133 Å². The van der Waals surface area contributed by atoms with Crippen LogP contribution >= 0.6 is 27.3 Å². The van der Waals surface area contributed by atoms with Gasteiger partial charge in [-0.2, -0.15) is 0 Å². The number of nitrogens with zero attached hydrogens (tertiary/aromatic N) is 2. The van der Waals surface area contributed by atoms with Gasteiger partial charge in [-0.25, -0.2) is 0 Å². The monoisotopic (exact) mass is 362 g/mol. The van der Waals surface area contributed by atoms with Crippen LogP contribution in [-0.4, -0.2) is 53.1 Å². The number of aliphatic hydroxyl groups excluding tert-OH is 1. The molecule has 20 heavy (non-hydrogen) atoms. The second kappa shape index (κ2) is 7.54. The van der Waals surface area contributed by atoms with Crippen molar-refractivity contribution in [3.63, 3.8) is 0 Å². The van der Waals surface area contributed by atoms with E-state index in [2.05, 4.69) is 15.9 Å². The number of aliphatic hydroxyl groups is 1. The standard InChI is InChI=1S/C14H23BrN2O2S/c1-5-17(8-11-6-7-12(15)20-11)13(19)9-16(4)14(2,3)10-18/h6-7,18H,5,8-10H2,1-4H3. The highest BCUT2D eigenvalue weighted by molar-refractivity contribution is 9.11. The lowest BCUT2D eigenvalue weighted by molar-refractivity contribution is -0.134. The van der Waals surface area contributed by atoms with Crippen LogP contribution in [0.5, 0.6) is 0 Å². The molecule has 0 spiro atoms. The van der Waals surface area contributed by atoms with Gasteiger partial charge in [-0.15, -0.1) is 11.3 Å². The SMILES string of the molecule is CCN(Cc1ccc(Br)s1)C(=O)CN(C)C(C)(C)CO. The van der Waals surface area contributed by atoms with Crippen molar-refractivity contribution in [2.45, 2.75) is 32.9 Å². The van der Waals surface area contributed by atoms with Crippen molar-refractivity contribution in [3.05, 3.63) is 20.8 Å². The number of rotatable bonds is 7. The molecule has 0 atom stereocenters. The number of hydrogen-bond donors (Lipinski definition) is 1. The summed E-state index contributed by atoms with van der Waals surface area (Å²) < 4.78 is 1.08. The maximum absolute atomic E-state index is 12.4. The minimum absolute atomic E-state index is 0.0285. The van der Waals surface area contributed by atoms with E-state index < -0.39 is 0 Å². The van der Waals surface area contributed by atoms with Crippen LogP contribution in [0.1, 0.15) is 25.6 Å². The molecule has 0 saturated carbocycles. The molecule has 0 saturated heterocycles. The van der Waals surface area contributed by atoms with Crippen LogP contribution in [0.4, 0.5) is 0 Å². The van der Waals surface area contributed by atoms with E-state index in [0.717, 1.165) is 8.66 Å². The number of likely N-dealkylation sites (N-methyl/N-ethyl adjacent to an activating group) is 2. The third-order valence-corrected chi connectivity index (χ3v) is 5.11. The summed E-state index contributed by atoms with van der Waals surface area (Å²) >= 11 is 5.08. The zero-order chi connectivity index (χ0) is 15.3. The summed E-state index contributed by atoms with van der Waals surface area (Å²) in [6.45, 7) is 7.49. The van der Waals surface area contributed by atoms with Crippen LogP contribution in [0.25, 0.3) is 0 Å². The van der Waals surface area contributed by atoms with Gasteiger partial charge < -0.3 is 10.0 Å². The molecule has 1 amide bonds. The Morgan fingerprint density at radius 1 is 1.45 bits per heavy atom. The van der Waals surface area contributed by atoms with Gasteiger partial charge in [0.15, 0.2) is 0 Å². The molecular formula is C14H23BrN2O2S. The van der Waals surface area contributed by atoms with Crippen molar-refractivity contribution in [1.29, 1.82) is 0 Å². The molecule has 1 rings (SSSR count). The maximum atomic E-state index is 12.4. The molecule has 0 aromatic carbocycles. The van der Waals surface area contributed by atoms with Crippen molar-refractivity contribution in [3.8, 4) is 0 Å². The fourth-order valence-electron chi connectivity index (χ4n) is 1.64. The van der Waals surface area contributed by atoms with Crippen molar-refractivity contribution in [2.75, 3.05) is 26.7 Å². The predicted molar refractivity (Wildman–Crippen MR) is 86.9 cm³/mol. The van der Waals surface area contributed by atoms with E-state index in [1.54, 1.807) is 11.3 Å². The Balaban J connectivity index is 2.63. The van der Waals surface area contributed by atoms with Crippen LogP contribution in [-0.2, 0) is 11.3 Å². The van der Waals surface area contributed by atoms with Gasteiger partial charge in [-0.3, -0.25) is 9.69 Å². The van der Waals surface area contributed by atoms with Crippen molar-refractivity contribution < 1.29 is 9.90 Å². The lowest BCUT2D eigenvalue weighted by atomic mass is 10.1. The number of thiophene rings is 1. The predicted octanol–water partition coefficient (Wildman–Crippen LogP) is 2.56. The van der Waals surface area contributed by atoms with E-state index in [4.69, 9.17) is 0 Å². The molecule has 0 aliphatic heterocycles. The number of halogens is 1. The quantitative estimate of drug-likeness (QED) is 0.810. The Morgan fingerprint density at radius 2 is 2.10 bits per heavy atom. The van der Waals surface area contributed by atoms with E-state index in [0.29, 0.717) is 19.6 Å². The molecule has 114 valence electrons. The fraction of sp³-hybridized carbons (Fsp3) is 0.643. The van der Waals surface area contributed by atoms with Gasteiger partial charge in [0.25, 0.3) is 0 Å². The molecule has 4 nitrogen and oxygen atoms in total. The van der Waals surface area contributed by atoms with E-state index >= 15 is 0 Å². The normalized spacial score (nSPS) is 11.9. The van der Waals surface area contributed by atoms with Gasteiger partial charge in [0.05, 0.1) is 23.5 Å². The highest BCUT2D eigenvalue weighted by Gasteiger charge is 2.25. The minimum atomic E-state index is -0.388. The summed E-state index contributed by atoms with van der Waals surface area (Å²) in [5, 5.41) is 9.34. The van der Waals surface area contributed by atoms with E-state index in [9.17, 15) is 9.90 Å². The summed E-state index contributed by atoms with van der Waals surface area (Å²) in [4.78, 5) is 17.2. The minimum Gasteiger partial charge on any atom is -0.394 e. The Bertz CT molecular complexity index is 448. The van der Waals surface area contributed by atoms with Crippen molar-refractivity contribution >= 4 is 33.2 Å². The molecule has 0 aliphatic carbocycles. The van der Waals surface area contributed by atoms with Crippen LogP contribution in [0.3, 0.4) is 0 Å².